The predicted molar refractivity (Wildman–Crippen MR) is 29.9 cm³/mol. The first-order chi connectivity index (χ1) is 3.70. The van der Waals surface area contributed by atoms with E-state index in [1.165, 1.54) is 4.68 Å². The van der Waals surface area contributed by atoms with Gasteiger partial charge in [-0.1, -0.05) is 0 Å². The standard InChI is InChI=1S/C3H4BrN3O/c1-6-2-3(4)7(8)5-6/h2H,1H3. The number of hydrogen-bond donors (Lipinski definition) is 0. The van der Waals surface area contributed by atoms with Gasteiger partial charge >= 0.3 is 0 Å². The maximum Gasteiger partial charge on any atom is 0.236 e. The Hall–Kier alpha value is -0.580. The molecule has 0 aliphatic heterocycles. The molecule has 0 aliphatic rings. The first-order valence-corrected chi connectivity index (χ1v) is 2.78. The monoisotopic (exact) mass is 177 g/mol. The molecule has 0 amide bonds. The van der Waals surface area contributed by atoms with Crippen LogP contribution in [0.25, 0.3) is 0 Å². The van der Waals surface area contributed by atoms with Gasteiger partial charge in [0.05, 0.1) is 5.21 Å². The fourth-order valence-electron chi connectivity index (χ4n) is 0.400. The number of aromatic nitrogens is 3. The van der Waals surface area contributed by atoms with Gasteiger partial charge in [-0.25, -0.2) is 0 Å². The van der Waals surface area contributed by atoms with Crippen molar-refractivity contribution in [2.24, 2.45) is 7.05 Å². The van der Waals surface area contributed by atoms with Gasteiger partial charge in [0.15, 0.2) is 6.20 Å². The van der Waals surface area contributed by atoms with Crippen LogP contribution in [0.15, 0.2) is 10.8 Å². The van der Waals surface area contributed by atoms with E-state index in [4.69, 9.17) is 0 Å². The van der Waals surface area contributed by atoms with Crippen LogP contribution in [0.3, 0.4) is 0 Å². The Labute approximate surface area is 54.4 Å². The second kappa shape index (κ2) is 1.74. The smallest absolute Gasteiger partial charge is 0.236 e. The fourth-order valence-corrected chi connectivity index (χ4v) is 0.767. The Morgan fingerprint density at radius 1 is 2.00 bits per heavy atom. The van der Waals surface area contributed by atoms with Crippen molar-refractivity contribution in [2.45, 2.75) is 0 Å². The molecule has 0 atom stereocenters. The van der Waals surface area contributed by atoms with Crippen LogP contribution in [0.2, 0.25) is 0 Å². The van der Waals surface area contributed by atoms with Crippen molar-refractivity contribution in [3.05, 3.63) is 16.0 Å². The lowest BCUT2D eigenvalue weighted by atomic mass is 10.9. The predicted octanol–water partition coefficient (Wildman–Crippen LogP) is -0.184. The third kappa shape index (κ3) is 0.812. The molecule has 0 unspecified atom stereocenters. The molecule has 0 spiro atoms. The zero-order valence-corrected chi connectivity index (χ0v) is 5.79. The summed E-state index contributed by atoms with van der Waals surface area (Å²) in [6.07, 6.45) is 1.58. The Morgan fingerprint density at radius 3 is 2.75 bits per heavy atom. The molecule has 0 saturated heterocycles. The van der Waals surface area contributed by atoms with Crippen LogP contribution in [0.5, 0.6) is 0 Å². The van der Waals surface area contributed by atoms with Gasteiger partial charge in [0.1, 0.15) is 7.05 Å². The minimum absolute atomic E-state index is 0.431. The lowest BCUT2D eigenvalue weighted by Gasteiger charge is -1.87. The first kappa shape index (κ1) is 5.55. The van der Waals surface area contributed by atoms with Gasteiger partial charge in [-0.3, -0.25) is 0 Å². The highest BCUT2D eigenvalue weighted by atomic mass is 79.9. The number of hydrogen-bond acceptors (Lipinski definition) is 2. The minimum Gasteiger partial charge on any atom is -0.690 e. The highest BCUT2D eigenvalue weighted by molar-refractivity contribution is 9.10. The van der Waals surface area contributed by atoms with Crippen molar-refractivity contribution in [3.8, 4) is 0 Å². The molecule has 1 heterocycles. The van der Waals surface area contributed by atoms with E-state index in [0.717, 1.165) is 0 Å². The number of aryl methyl sites for hydroxylation is 1. The molecule has 1 rings (SSSR count). The van der Waals surface area contributed by atoms with E-state index < -0.39 is 0 Å². The topological polar surface area (TPSA) is 44.8 Å². The van der Waals surface area contributed by atoms with Gasteiger partial charge in [0.25, 0.3) is 0 Å². The molecule has 1 aromatic heterocycles. The first-order valence-electron chi connectivity index (χ1n) is 1.99. The van der Waals surface area contributed by atoms with Crippen LogP contribution in [-0.2, 0) is 7.05 Å². The summed E-state index contributed by atoms with van der Waals surface area (Å²) < 4.78 is 1.86. The summed E-state index contributed by atoms with van der Waals surface area (Å²) in [6.45, 7) is 0. The summed E-state index contributed by atoms with van der Waals surface area (Å²) >= 11 is 2.98. The zero-order chi connectivity index (χ0) is 6.15. The molecule has 0 N–H and O–H groups in total. The highest BCUT2D eigenvalue weighted by Crippen LogP contribution is 1.96. The lowest BCUT2D eigenvalue weighted by Crippen LogP contribution is -2.29. The van der Waals surface area contributed by atoms with Crippen LogP contribution in [0.1, 0.15) is 0 Å². The van der Waals surface area contributed by atoms with Gasteiger partial charge in [-0.2, -0.15) is 0 Å². The quantitative estimate of drug-likeness (QED) is 0.408. The van der Waals surface area contributed by atoms with Gasteiger partial charge < -0.3 is 5.21 Å². The molecule has 0 aromatic carbocycles. The molecule has 1 aromatic rings. The van der Waals surface area contributed by atoms with Crippen molar-refractivity contribution in [3.63, 3.8) is 0 Å². The van der Waals surface area contributed by atoms with E-state index in [2.05, 4.69) is 21.1 Å². The molecule has 44 valence electrons. The number of rotatable bonds is 0. The van der Waals surface area contributed by atoms with Gasteiger partial charge in [0.2, 0.25) is 4.60 Å². The summed E-state index contributed by atoms with van der Waals surface area (Å²) in [5.74, 6) is 0. The molecule has 8 heavy (non-hydrogen) atoms. The number of halogens is 1. The van der Waals surface area contributed by atoms with E-state index in [1.54, 1.807) is 13.2 Å². The molecule has 0 fully saturated rings. The Bertz CT molecular complexity index is 177. The van der Waals surface area contributed by atoms with Crippen LogP contribution in [-0.4, -0.2) is 9.90 Å². The third-order valence-corrected chi connectivity index (χ3v) is 1.21. The minimum atomic E-state index is 0.431. The van der Waals surface area contributed by atoms with Crippen molar-refractivity contribution < 1.29 is 4.85 Å². The van der Waals surface area contributed by atoms with Crippen molar-refractivity contribution in [1.82, 2.24) is 9.90 Å². The second-order valence-corrected chi connectivity index (χ2v) is 2.20. The zero-order valence-electron chi connectivity index (χ0n) is 4.21. The summed E-state index contributed by atoms with van der Waals surface area (Å²) in [7, 11) is 1.68. The van der Waals surface area contributed by atoms with Gasteiger partial charge in [0, 0.05) is 15.9 Å². The Balaban J connectivity index is 3.14. The van der Waals surface area contributed by atoms with E-state index in [1.807, 2.05) is 0 Å². The van der Waals surface area contributed by atoms with Crippen molar-refractivity contribution in [2.75, 3.05) is 0 Å². The molecule has 0 aliphatic carbocycles. The molecular formula is C3H4BrN3O. The third-order valence-electron chi connectivity index (χ3n) is 0.698. The van der Waals surface area contributed by atoms with Crippen LogP contribution < -0.4 is 4.85 Å². The second-order valence-electron chi connectivity index (χ2n) is 1.39. The van der Waals surface area contributed by atoms with Crippen molar-refractivity contribution in [1.29, 1.82) is 0 Å². The number of nitrogens with zero attached hydrogens (tertiary/aromatic N) is 3. The average Bonchev–Trinajstić information content (AvgIpc) is 1.85. The Morgan fingerprint density at radius 2 is 2.62 bits per heavy atom. The van der Waals surface area contributed by atoms with Gasteiger partial charge in [-0.05, 0) is 0 Å². The molecule has 0 radical (unpaired) electrons. The Kier molecular flexibility index (Phi) is 1.21. The van der Waals surface area contributed by atoms with E-state index in [9.17, 15) is 5.21 Å². The summed E-state index contributed by atoms with van der Waals surface area (Å²) in [5, 5.41) is 13.8. The van der Waals surface area contributed by atoms with E-state index in [-0.39, 0.29) is 0 Å². The average molecular weight is 178 g/mol. The maximum atomic E-state index is 10.4. The normalized spacial score (nSPS) is 9.75. The largest absolute Gasteiger partial charge is 0.690 e. The highest BCUT2D eigenvalue weighted by Gasteiger charge is 2.00. The fraction of sp³-hybridized carbons (Fsp3) is 0.333. The van der Waals surface area contributed by atoms with Crippen LogP contribution in [0, 0.1) is 5.21 Å². The summed E-state index contributed by atoms with van der Waals surface area (Å²) in [6, 6.07) is 0. The molecule has 5 heteroatoms. The summed E-state index contributed by atoms with van der Waals surface area (Å²) in [5.41, 5.74) is 0. The van der Waals surface area contributed by atoms with Gasteiger partial charge in [-0.15, -0.1) is 9.53 Å². The SMILES string of the molecule is Cn1cc(Br)[n+]([O-])n1. The molecular weight excluding hydrogens is 174 g/mol. The molecule has 0 bridgehead atoms. The molecule has 4 nitrogen and oxygen atoms in total. The lowest BCUT2D eigenvalue weighted by molar-refractivity contribution is -0.681. The summed E-state index contributed by atoms with van der Waals surface area (Å²) in [4.78, 5) is 0.500. The van der Waals surface area contributed by atoms with E-state index in [0.29, 0.717) is 9.45 Å². The van der Waals surface area contributed by atoms with Crippen LogP contribution >= 0.6 is 15.9 Å². The maximum absolute atomic E-state index is 10.4. The van der Waals surface area contributed by atoms with E-state index >= 15 is 0 Å². The molecule has 0 saturated carbocycles. The van der Waals surface area contributed by atoms with Crippen LogP contribution in [0.4, 0.5) is 0 Å². The van der Waals surface area contributed by atoms with Crippen molar-refractivity contribution >= 4 is 15.9 Å².